The van der Waals surface area contributed by atoms with Gasteiger partial charge in [-0.25, -0.2) is 0 Å². The predicted octanol–water partition coefficient (Wildman–Crippen LogP) is 2.05. The van der Waals surface area contributed by atoms with Crippen LogP contribution in [0.4, 0.5) is 0 Å². The van der Waals surface area contributed by atoms with E-state index in [0.29, 0.717) is 6.61 Å². The largest absolute Gasteiger partial charge is 0.395 e. The Hall–Kier alpha value is -1.12. The molecule has 0 amide bonds. The summed E-state index contributed by atoms with van der Waals surface area (Å²) < 4.78 is 5.48. The number of benzene rings is 1. The maximum atomic E-state index is 10.0. The maximum Gasteiger partial charge on any atom is 0.129 e. The van der Waals surface area contributed by atoms with E-state index in [0.717, 1.165) is 5.56 Å². The molecule has 0 fully saturated rings. The second-order valence-electron chi connectivity index (χ2n) is 5.88. The quantitative estimate of drug-likeness (QED) is 0.623. The van der Waals surface area contributed by atoms with Crippen molar-refractivity contribution in [1.82, 2.24) is 0 Å². The molecule has 0 saturated heterocycles. The molecule has 110 valence electrons. The highest BCUT2D eigenvalue weighted by Gasteiger charge is 2.17. The molecule has 0 saturated carbocycles. The van der Waals surface area contributed by atoms with Gasteiger partial charge >= 0.3 is 0 Å². The average Bonchev–Trinajstić information content (AvgIpc) is 2.39. The predicted molar refractivity (Wildman–Crippen MR) is 83.8 cm³/mol. The van der Waals surface area contributed by atoms with E-state index in [-0.39, 0.29) is 13.2 Å². The fourth-order valence-corrected chi connectivity index (χ4v) is 2.18. The van der Waals surface area contributed by atoms with Crippen LogP contribution in [0.25, 0.3) is 0 Å². The van der Waals surface area contributed by atoms with Crippen molar-refractivity contribution in [2.24, 2.45) is 5.92 Å². The molecule has 0 heterocycles. The molecule has 20 heavy (non-hydrogen) atoms. The van der Waals surface area contributed by atoms with Crippen LogP contribution >= 0.6 is 0 Å². The van der Waals surface area contributed by atoms with Gasteiger partial charge in [-0.2, -0.15) is 0 Å². The second-order valence-corrected chi connectivity index (χ2v) is 10.6. The molecule has 3 nitrogen and oxygen atoms in total. The SMILES string of the molecule is C[Si](C)(C)C#C[C@H](CO)[C@H](O)COCc1ccccc1. The van der Waals surface area contributed by atoms with Crippen LogP contribution in [0, 0.1) is 17.4 Å². The van der Waals surface area contributed by atoms with Gasteiger partial charge in [-0.1, -0.05) is 50.0 Å². The highest BCUT2D eigenvalue weighted by Crippen LogP contribution is 2.07. The third-order valence-corrected chi connectivity index (χ3v) is 3.59. The first-order valence-corrected chi connectivity index (χ1v) is 10.4. The van der Waals surface area contributed by atoms with Crippen LogP contribution in [0.1, 0.15) is 5.56 Å². The van der Waals surface area contributed by atoms with Gasteiger partial charge in [0, 0.05) is 0 Å². The Kier molecular flexibility index (Phi) is 6.96. The zero-order chi connectivity index (χ0) is 15.0. The van der Waals surface area contributed by atoms with Gasteiger partial charge < -0.3 is 14.9 Å². The first-order chi connectivity index (χ1) is 9.42. The topological polar surface area (TPSA) is 49.7 Å². The lowest BCUT2D eigenvalue weighted by Crippen LogP contribution is -2.28. The minimum atomic E-state index is -1.49. The summed E-state index contributed by atoms with van der Waals surface area (Å²) in [6, 6.07) is 9.80. The normalized spacial score (nSPS) is 14.2. The first-order valence-electron chi connectivity index (χ1n) is 6.85. The maximum absolute atomic E-state index is 10.0. The van der Waals surface area contributed by atoms with Crippen LogP contribution in [0.2, 0.25) is 19.6 Å². The van der Waals surface area contributed by atoms with Gasteiger partial charge in [-0.05, 0) is 5.56 Å². The van der Waals surface area contributed by atoms with Crippen LogP contribution < -0.4 is 0 Å². The molecule has 4 heteroatoms. The average molecular weight is 292 g/mol. The molecule has 1 aromatic carbocycles. The Labute approximate surface area is 122 Å². The van der Waals surface area contributed by atoms with E-state index in [1.54, 1.807) is 0 Å². The fraction of sp³-hybridized carbons (Fsp3) is 0.500. The number of rotatable bonds is 6. The van der Waals surface area contributed by atoms with Crippen LogP contribution in [-0.4, -0.2) is 37.6 Å². The summed E-state index contributed by atoms with van der Waals surface area (Å²) in [6.45, 7) is 6.89. The second kappa shape index (κ2) is 8.23. The van der Waals surface area contributed by atoms with E-state index in [4.69, 9.17) is 4.74 Å². The number of aliphatic hydroxyl groups excluding tert-OH is 2. The molecular formula is C16H24O3Si. The van der Waals surface area contributed by atoms with E-state index in [1.807, 2.05) is 30.3 Å². The fourth-order valence-electron chi connectivity index (χ4n) is 1.56. The zero-order valence-corrected chi connectivity index (χ0v) is 13.5. The highest BCUT2D eigenvalue weighted by molar-refractivity contribution is 6.83. The van der Waals surface area contributed by atoms with Crippen molar-refractivity contribution in [3.8, 4) is 11.5 Å². The molecular weight excluding hydrogens is 268 g/mol. The van der Waals surface area contributed by atoms with Gasteiger partial charge in [0.2, 0.25) is 0 Å². The minimum absolute atomic E-state index is 0.145. The van der Waals surface area contributed by atoms with Gasteiger partial charge in [0.05, 0.1) is 31.8 Å². The Morgan fingerprint density at radius 1 is 1.20 bits per heavy atom. The van der Waals surface area contributed by atoms with E-state index in [2.05, 4.69) is 31.1 Å². The van der Waals surface area contributed by atoms with Crippen LogP contribution in [0.15, 0.2) is 30.3 Å². The molecule has 0 aliphatic rings. The molecule has 2 atom stereocenters. The van der Waals surface area contributed by atoms with E-state index < -0.39 is 20.1 Å². The van der Waals surface area contributed by atoms with Crippen molar-refractivity contribution in [2.45, 2.75) is 32.4 Å². The summed E-state index contributed by atoms with van der Waals surface area (Å²) in [5.74, 6) is 2.56. The Morgan fingerprint density at radius 2 is 1.85 bits per heavy atom. The van der Waals surface area contributed by atoms with Crippen LogP contribution in [-0.2, 0) is 11.3 Å². The molecule has 0 aliphatic heterocycles. The Bertz CT molecular complexity index is 442. The lowest BCUT2D eigenvalue weighted by atomic mass is 10.1. The van der Waals surface area contributed by atoms with Crippen LogP contribution in [0.5, 0.6) is 0 Å². The van der Waals surface area contributed by atoms with Crippen molar-refractivity contribution in [3.05, 3.63) is 35.9 Å². The molecule has 1 aromatic rings. The molecule has 0 aliphatic carbocycles. The molecule has 0 radical (unpaired) electrons. The number of ether oxygens (including phenoxy) is 1. The lowest BCUT2D eigenvalue weighted by Gasteiger charge is -2.17. The van der Waals surface area contributed by atoms with E-state index in [1.165, 1.54) is 0 Å². The Morgan fingerprint density at radius 3 is 2.40 bits per heavy atom. The van der Waals surface area contributed by atoms with E-state index in [9.17, 15) is 10.2 Å². The summed E-state index contributed by atoms with van der Waals surface area (Å²) in [4.78, 5) is 0. The molecule has 1 rings (SSSR count). The summed E-state index contributed by atoms with van der Waals surface area (Å²) in [5, 5.41) is 19.3. The monoisotopic (exact) mass is 292 g/mol. The van der Waals surface area contributed by atoms with E-state index >= 15 is 0 Å². The third kappa shape index (κ3) is 6.87. The standard InChI is InChI=1S/C16H24O3Si/c1-20(2,3)10-9-15(11-17)16(18)13-19-12-14-7-5-4-6-8-14/h4-8,15-18H,11-13H2,1-3H3/t15-,16-/m1/s1. The zero-order valence-electron chi connectivity index (χ0n) is 12.5. The smallest absolute Gasteiger partial charge is 0.129 e. The molecule has 0 unspecified atom stereocenters. The van der Waals surface area contributed by atoms with Crippen LogP contribution in [0.3, 0.4) is 0 Å². The van der Waals surface area contributed by atoms with Gasteiger partial charge in [0.15, 0.2) is 0 Å². The first kappa shape index (κ1) is 16.9. The van der Waals surface area contributed by atoms with Gasteiger partial charge in [-0.15, -0.1) is 11.5 Å². The van der Waals surface area contributed by atoms with Crippen molar-refractivity contribution in [1.29, 1.82) is 0 Å². The third-order valence-electron chi connectivity index (χ3n) is 2.69. The number of hydrogen-bond acceptors (Lipinski definition) is 3. The van der Waals surface area contributed by atoms with Crippen molar-refractivity contribution in [3.63, 3.8) is 0 Å². The van der Waals surface area contributed by atoms with Gasteiger partial charge in [0.1, 0.15) is 8.07 Å². The summed E-state index contributed by atoms with van der Waals surface area (Å²) in [5.41, 5.74) is 4.24. The molecule has 2 N–H and O–H groups in total. The van der Waals surface area contributed by atoms with Crippen molar-refractivity contribution < 1.29 is 14.9 Å². The molecule has 0 aromatic heterocycles. The minimum Gasteiger partial charge on any atom is -0.395 e. The summed E-state index contributed by atoms with van der Waals surface area (Å²) >= 11 is 0. The van der Waals surface area contributed by atoms with Gasteiger partial charge in [0.25, 0.3) is 0 Å². The lowest BCUT2D eigenvalue weighted by molar-refractivity contribution is -0.00108. The molecule has 0 bridgehead atoms. The summed E-state index contributed by atoms with van der Waals surface area (Å²) in [7, 11) is -1.49. The highest BCUT2D eigenvalue weighted by atomic mass is 28.3. The summed E-state index contributed by atoms with van der Waals surface area (Å²) in [6.07, 6.45) is -0.757. The van der Waals surface area contributed by atoms with Crippen molar-refractivity contribution in [2.75, 3.05) is 13.2 Å². The molecule has 0 spiro atoms. The Balaban J connectivity index is 2.43. The van der Waals surface area contributed by atoms with Gasteiger partial charge in [-0.3, -0.25) is 0 Å². The van der Waals surface area contributed by atoms with Crippen molar-refractivity contribution >= 4 is 8.07 Å². The number of hydrogen-bond donors (Lipinski definition) is 2. The number of aliphatic hydroxyl groups is 2.